The number of nitrogens with zero attached hydrogens (tertiary/aromatic N) is 5. The smallest absolute Gasteiger partial charge is 0.406 e. The second kappa shape index (κ2) is 10.6. The number of thioether (sulfide) groups is 1. The molecule has 42 heavy (non-hydrogen) atoms. The predicted molar refractivity (Wildman–Crippen MR) is 161 cm³/mol. The highest BCUT2D eigenvalue weighted by atomic mass is 32.2. The van der Waals surface area contributed by atoms with Crippen LogP contribution in [0, 0.1) is 13.8 Å². The Labute approximate surface area is 243 Å². The second-order valence-corrected chi connectivity index (χ2v) is 11.2. The van der Waals surface area contributed by atoms with Gasteiger partial charge in [-0.3, -0.25) is 14.3 Å². The first-order valence-electron chi connectivity index (χ1n) is 13.0. The maximum absolute atomic E-state index is 13.0. The van der Waals surface area contributed by atoms with E-state index >= 15 is 0 Å². The molecule has 0 spiro atoms. The molecule has 4 aromatic carbocycles. The van der Waals surface area contributed by atoms with Crippen molar-refractivity contribution < 1.29 is 22.7 Å². The Kier molecular flexibility index (Phi) is 6.97. The Morgan fingerprint density at radius 1 is 1.00 bits per heavy atom. The molecule has 212 valence electrons. The van der Waals surface area contributed by atoms with Gasteiger partial charge in [-0.25, -0.2) is 4.98 Å². The summed E-state index contributed by atoms with van der Waals surface area (Å²) in [4.78, 5) is 19.2. The highest BCUT2D eigenvalue weighted by Gasteiger charge is 2.37. The Morgan fingerprint density at radius 3 is 2.45 bits per heavy atom. The molecule has 1 aliphatic heterocycles. The third-order valence-corrected chi connectivity index (χ3v) is 7.99. The first-order chi connectivity index (χ1) is 20.1. The van der Waals surface area contributed by atoms with Crippen molar-refractivity contribution >= 4 is 56.5 Å². The number of anilines is 1. The quantitative estimate of drug-likeness (QED) is 0.157. The van der Waals surface area contributed by atoms with Crippen molar-refractivity contribution in [1.29, 1.82) is 0 Å². The lowest BCUT2D eigenvalue weighted by atomic mass is 10.1. The van der Waals surface area contributed by atoms with Crippen molar-refractivity contribution in [1.82, 2.24) is 9.55 Å². The maximum Gasteiger partial charge on any atom is 0.573 e. The number of benzene rings is 4. The molecule has 0 saturated carbocycles. The van der Waals surface area contributed by atoms with Crippen LogP contribution in [0.5, 0.6) is 5.75 Å². The van der Waals surface area contributed by atoms with Crippen LogP contribution in [-0.4, -0.2) is 38.5 Å². The number of fused-ring (bicyclic) bond motifs is 3. The van der Waals surface area contributed by atoms with Gasteiger partial charge in [-0.2, -0.15) is 5.10 Å². The molecule has 1 amide bonds. The van der Waals surface area contributed by atoms with Gasteiger partial charge in [0.25, 0.3) is 0 Å². The van der Waals surface area contributed by atoms with Gasteiger partial charge < -0.3 is 4.74 Å². The number of hydrogen-bond donors (Lipinski definition) is 0. The number of amides is 1. The predicted octanol–water partition coefficient (Wildman–Crippen LogP) is 7.55. The minimum absolute atomic E-state index is 0.0221. The van der Waals surface area contributed by atoms with Crippen molar-refractivity contribution in [2.75, 3.05) is 4.90 Å². The van der Waals surface area contributed by atoms with Crippen molar-refractivity contribution in [3.63, 3.8) is 0 Å². The van der Waals surface area contributed by atoms with Gasteiger partial charge in [0.2, 0.25) is 5.91 Å². The lowest BCUT2D eigenvalue weighted by Gasteiger charge is -2.20. The molecule has 1 aliphatic rings. The van der Waals surface area contributed by atoms with Gasteiger partial charge in [-0.1, -0.05) is 48.2 Å². The lowest BCUT2D eigenvalue weighted by molar-refractivity contribution is -0.274. The summed E-state index contributed by atoms with van der Waals surface area (Å²) in [6.45, 7) is 5.81. The second-order valence-electron chi connectivity index (χ2n) is 9.87. The van der Waals surface area contributed by atoms with E-state index in [2.05, 4.69) is 19.9 Å². The Morgan fingerprint density at radius 2 is 1.74 bits per heavy atom. The highest BCUT2D eigenvalue weighted by molar-refractivity contribution is 8.16. The standard InChI is InChI=1S/C31H24F3N5O2S/c1-18-5-4-6-19(2)28(18)39-29(40)20(3)42-30(39)37-36-16-21-7-13-25-22(15-21)8-14-26-27(25)35-17-38(26)23-9-11-24(12-10-23)41-31(32,33)34/h4-17,20H,1-3H3/b36-16+,37-30-. The van der Waals surface area contributed by atoms with Gasteiger partial charge >= 0.3 is 6.36 Å². The number of imidazole rings is 1. The summed E-state index contributed by atoms with van der Waals surface area (Å²) in [6, 6.07) is 21.2. The van der Waals surface area contributed by atoms with Crippen LogP contribution in [0.15, 0.2) is 89.3 Å². The van der Waals surface area contributed by atoms with Crippen LogP contribution in [0.1, 0.15) is 23.6 Å². The van der Waals surface area contributed by atoms with E-state index in [9.17, 15) is 18.0 Å². The maximum atomic E-state index is 13.0. The van der Waals surface area contributed by atoms with E-state index in [1.165, 1.54) is 23.9 Å². The van der Waals surface area contributed by atoms with E-state index in [0.717, 1.165) is 44.2 Å². The summed E-state index contributed by atoms with van der Waals surface area (Å²) in [7, 11) is 0. The van der Waals surface area contributed by atoms with Gasteiger partial charge in [0.05, 0.1) is 28.2 Å². The van der Waals surface area contributed by atoms with Gasteiger partial charge in [0.15, 0.2) is 5.17 Å². The number of alkyl halides is 3. The van der Waals surface area contributed by atoms with Crippen molar-refractivity contribution in [3.8, 4) is 11.4 Å². The zero-order chi connectivity index (χ0) is 29.6. The number of carbonyl (C=O) groups is 1. The average molecular weight is 588 g/mol. The van der Waals surface area contributed by atoms with Crippen LogP contribution in [0.2, 0.25) is 0 Å². The molecule has 0 aliphatic carbocycles. The van der Waals surface area contributed by atoms with Crippen LogP contribution < -0.4 is 9.64 Å². The molecular weight excluding hydrogens is 563 g/mol. The number of rotatable bonds is 5. The summed E-state index contributed by atoms with van der Waals surface area (Å²) in [6.07, 6.45) is -1.46. The molecule has 2 heterocycles. The molecule has 1 unspecified atom stereocenters. The Hall–Kier alpha value is -4.64. The molecular formula is C31H24F3N5O2S. The summed E-state index contributed by atoms with van der Waals surface area (Å²) < 4.78 is 43.3. The molecule has 0 radical (unpaired) electrons. The molecule has 0 N–H and O–H groups in total. The fraction of sp³-hybridized carbons (Fsp3) is 0.161. The molecule has 1 atom stereocenters. The lowest BCUT2D eigenvalue weighted by Crippen LogP contribution is -2.32. The number of ether oxygens (including phenoxy) is 1. The van der Waals surface area contributed by atoms with Crippen LogP contribution in [0.25, 0.3) is 27.5 Å². The summed E-state index contributed by atoms with van der Waals surface area (Å²) in [5, 5.41) is 10.9. The third kappa shape index (κ3) is 5.23. The zero-order valence-corrected chi connectivity index (χ0v) is 23.6. The van der Waals surface area contributed by atoms with Gasteiger partial charge in [-0.15, -0.1) is 18.3 Å². The van der Waals surface area contributed by atoms with Gasteiger partial charge in [0.1, 0.15) is 12.1 Å². The first kappa shape index (κ1) is 27.5. The summed E-state index contributed by atoms with van der Waals surface area (Å²) in [5.41, 5.74) is 5.87. The number of halogens is 3. The number of aryl methyl sites for hydroxylation is 2. The number of carbonyl (C=O) groups excluding carboxylic acids is 1. The Balaban J connectivity index is 1.27. The van der Waals surface area contributed by atoms with E-state index in [0.29, 0.717) is 10.9 Å². The summed E-state index contributed by atoms with van der Waals surface area (Å²) >= 11 is 1.38. The number of amidine groups is 1. The molecule has 1 saturated heterocycles. The minimum Gasteiger partial charge on any atom is -0.406 e. The molecule has 7 nitrogen and oxygen atoms in total. The zero-order valence-electron chi connectivity index (χ0n) is 22.8. The first-order valence-corrected chi connectivity index (χ1v) is 13.9. The van der Waals surface area contributed by atoms with Crippen LogP contribution in [0.3, 0.4) is 0 Å². The normalized spacial score (nSPS) is 16.9. The van der Waals surface area contributed by atoms with E-state index in [4.69, 9.17) is 0 Å². The molecule has 5 aromatic rings. The van der Waals surface area contributed by atoms with Crippen molar-refractivity contribution in [2.45, 2.75) is 32.4 Å². The van der Waals surface area contributed by atoms with E-state index in [1.54, 1.807) is 34.1 Å². The minimum atomic E-state index is -4.74. The van der Waals surface area contributed by atoms with Crippen LogP contribution in [0.4, 0.5) is 18.9 Å². The number of para-hydroxylation sites is 1. The molecule has 1 aromatic heterocycles. The fourth-order valence-electron chi connectivity index (χ4n) is 5.04. The average Bonchev–Trinajstić information content (AvgIpc) is 3.49. The highest BCUT2D eigenvalue weighted by Crippen LogP contribution is 2.36. The summed E-state index contributed by atoms with van der Waals surface area (Å²) in [5.74, 6) is -0.308. The van der Waals surface area contributed by atoms with E-state index in [-0.39, 0.29) is 16.9 Å². The molecule has 0 bridgehead atoms. The third-order valence-electron chi connectivity index (χ3n) is 6.96. The van der Waals surface area contributed by atoms with Crippen molar-refractivity contribution in [3.05, 3.63) is 95.8 Å². The van der Waals surface area contributed by atoms with Gasteiger partial charge in [0, 0.05) is 11.1 Å². The van der Waals surface area contributed by atoms with Gasteiger partial charge in [-0.05, 0) is 79.2 Å². The monoisotopic (exact) mass is 587 g/mol. The molecule has 1 fully saturated rings. The number of hydrogen-bond acceptors (Lipinski definition) is 6. The fourth-order valence-corrected chi connectivity index (χ4v) is 5.94. The number of aromatic nitrogens is 2. The van der Waals surface area contributed by atoms with Crippen molar-refractivity contribution in [2.24, 2.45) is 10.2 Å². The molecule has 11 heteroatoms. The van der Waals surface area contributed by atoms with Crippen LogP contribution in [-0.2, 0) is 4.79 Å². The molecule has 6 rings (SSSR count). The van der Waals surface area contributed by atoms with E-state index in [1.807, 2.05) is 69.3 Å². The SMILES string of the molecule is Cc1cccc(C)c1N1C(=O)C(C)S/C1=N\N=C\c1ccc2c(ccc3c2ncn3-c2ccc(OC(F)(F)F)cc2)c1. The van der Waals surface area contributed by atoms with Crippen LogP contribution >= 0.6 is 11.8 Å². The topological polar surface area (TPSA) is 72.1 Å². The largest absolute Gasteiger partial charge is 0.573 e. The Bertz CT molecular complexity index is 1880. The van der Waals surface area contributed by atoms with E-state index < -0.39 is 6.36 Å².